The molecule has 1 N–H and O–H groups in total. The molecule has 6 nitrogen and oxygen atoms in total. The van der Waals surface area contributed by atoms with Gasteiger partial charge in [0.15, 0.2) is 0 Å². The van der Waals surface area contributed by atoms with Gasteiger partial charge in [0.25, 0.3) is 0 Å². The molecule has 28 heavy (non-hydrogen) atoms. The quantitative estimate of drug-likeness (QED) is 0.786. The van der Waals surface area contributed by atoms with E-state index in [4.69, 9.17) is 4.74 Å². The Bertz CT molecular complexity index is 761. The van der Waals surface area contributed by atoms with Crippen LogP contribution in [0.1, 0.15) is 43.7 Å². The van der Waals surface area contributed by atoms with Gasteiger partial charge in [-0.1, -0.05) is 24.3 Å². The Morgan fingerprint density at radius 3 is 2.39 bits per heavy atom. The van der Waals surface area contributed by atoms with Crippen molar-refractivity contribution in [1.82, 2.24) is 10.2 Å². The predicted octanol–water partition coefficient (Wildman–Crippen LogP) is 1.85. The fourth-order valence-corrected chi connectivity index (χ4v) is 4.49. The highest BCUT2D eigenvalue weighted by Gasteiger charge is 2.47. The molecule has 1 heterocycles. The number of hydrogen-bond donors (Lipinski definition) is 1. The summed E-state index contributed by atoms with van der Waals surface area (Å²) in [7, 11) is 0. The van der Waals surface area contributed by atoms with Crippen molar-refractivity contribution in [3.05, 3.63) is 35.4 Å². The number of benzene rings is 1. The molecule has 3 aliphatic rings. The van der Waals surface area contributed by atoms with Crippen LogP contribution in [0.4, 0.5) is 0 Å². The molecule has 1 unspecified atom stereocenters. The van der Waals surface area contributed by atoms with Crippen molar-refractivity contribution in [3.8, 4) is 0 Å². The van der Waals surface area contributed by atoms with E-state index in [1.165, 1.54) is 0 Å². The highest BCUT2D eigenvalue weighted by Crippen LogP contribution is 2.34. The van der Waals surface area contributed by atoms with Crippen LogP contribution in [0, 0.1) is 11.8 Å². The third-order valence-corrected chi connectivity index (χ3v) is 6.16. The van der Waals surface area contributed by atoms with E-state index in [0.29, 0.717) is 19.4 Å². The summed E-state index contributed by atoms with van der Waals surface area (Å²) >= 11 is 0. The lowest BCUT2D eigenvalue weighted by atomic mass is 9.91. The van der Waals surface area contributed by atoms with Gasteiger partial charge in [0.1, 0.15) is 5.54 Å². The Balaban J connectivity index is 1.48. The minimum atomic E-state index is -1.04. The molecule has 1 aromatic carbocycles. The van der Waals surface area contributed by atoms with Crippen molar-refractivity contribution in [1.29, 1.82) is 0 Å². The standard InChI is InChI=1S/C22H28N2O4/c1-2-28-21(27)22(12-16-6-3-4-7-17(16)13-22)23-19(25)18-8-5-11-24(14-18)20(26)15-9-10-15/h3-4,6-7,15,18H,2,5,8-14H2,1H3,(H,23,25). The lowest BCUT2D eigenvalue weighted by Gasteiger charge is -2.35. The lowest BCUT2D eigenvalue weighted by molar-refractivity contribution is -0.154. The van der Waals surface area contributed by atoms with Crippen LogP contribution in [0.3, 0.4) is 0 Å². The van der Waals surface area contributed by atoms with Gasteiger partial charge in [-0.25, -0.2) is 4.79 Å². The smallest absolute Gasteiger partial charge is 0.332 e. The number of rotatable bonds is 5. The number of nitrogens with zero attached hydrogens (tertiary/aromatic N) is 1. The summed E-state index contributed by atoms with van der Waals surface area (Å²) in [5.74, 6) is -0.440. The fourth-order valence-electron chi connectivity index (χ4n) is 4.49. The molecule has 1 saturated carbocycles. The molecule has 2 aliphatic carbocycles. The molecule has 2 amide bonds. The molecule has 0 spiro atoms. The van der Waals surface area contributed by atoms with Crippen LogP contribution in [-0.2, 0) is 32.0 Å². The van der Waals surface area contributed by atoms with E-state index < -0.39 is 5.54 Å². The second-order valence-corrected chi connectivity index (χ2v) is 8.31. The Hall–Kier alpha value is -2.37. The van der Waals surface area contributed by atoms with E-state index in [-0.39, 0.29) is 36.2 Å². The van der Waals surface area contributed by atoms with Crippen LogP contribution in [0.15, 0.2) is 24.3 Å². The van der Waals surface area contributed by atoms with Crippen molar-refractivity contribution in [2.24, 2.45) is 11.8 Å². The third kappa shape index (κ3) is 3.64. The Morgan fingerprint density at radius 2 is 1.79 bits per heavy atom. The van der Waals surface area contributed by atoms with E-state index in [2.05, 4.69) is 5.32 Å². The second-order valence-electron chi connectivity index (χ2n) is 8.31. The SMILES string of the molecule is CCOC(=O)C1(NC(=O)C2CCCN(C(=O)C3CC3)C2)Cc2ccccc2C1. The summed E-state index contributed by atoms with van der Waals surface area (Å²) < 4.78 is 5.33. The lowest BCUT2D eigenvalue weighted by Crippen LogP contribution is -2.59. The van der Waals surface area contributed by atoms with Crippen molar-refractivity contribution in [2.75, 3.05) is 19.7 Å². The number of carbonyl (C=O) groups excluding carboxylic acids is 3. The highest BCUT2D eigenvalue weighted by molar-refractivity contribution is 5.91. The number of ether oxygens (including phenoxy) is 1. The number of piperidine rings is 1. The van der Waals surface area contributed by atoms with Crippen LogP contribution in [0.2, 0.25) is 0 Å². The third-order valence-electron chi connectivity index (χ3n) is 6.16. The summed E-state index contributed by atoms with van der Waals surface area (Å²) in [6.45, 7) is 3.23. The van der Waals surface area contributed by atoms with E-state index in [1.54, 1.807) is 6.92 Å². The van der Waals surface area contributed by atoms with Crippen molar-refractivity contribution in [2.45, 2.75) is 51.0 Å². The van der Waals surface area contributed by atoms with Crippen LogP contribution < -0.4 is 5.32 Å². The van der Waals surface area contributed by atoms with Crippen LogP contribution in [0.5, 0.6) is 0 Å². The van der Waals surface area contributed by atoms with Crippen molar-refractivity contribution in [3.63, 3.8) is 0 Å². The maximum absolute atomic E-state index is 13.1. The molecule has 6 heteroatoms. The minimum absolute atomic E-state index is 0.144. The minimum Gasteiger partial charge on any atom is -0.464 e. The normalized spacial score (nSPS) is 23.0. The van der Waals surface area contributed by atoms with Gasteiger partial charge in [0, 0.05) is 31.8 Å². The number of carbonyl (C=O) groups is 3. The number of hydrogen-bond acceptors (Lipinski definition) is 4. The largest absolute Gasteiger partial charge is 0.464 e. The van der Waals surface area contributed by atoms with Crippen LogP contribution >= 0.6 is 0 Å². The van der Waals surface area contributed by atoms with Gasteiger partial charge < -0.3 is 15.0 Å². The van der Waals surface area contributed by atoms with Gasteiger partial charge in [-0.05, 0) is 43.7 Å². The molecular formula is C22H28N2O4. The first-order valence-corrected chi connectivity index (χ1v) is 10.4. The molecule has 1 saturated heterocycles. The number of nitrogens with one attached hydrogen (secondary N) is 1. The Kier molecular flexibility index (Phi) is 5.13. The zero-order chi connectivity index (χ0) is 19.7. The summed E-state index contributed by atoms with van der Waals surface area (Å²) in [6, 6.07) is 7.90. The molecule has 0 aromatic heterocycles. The average Bonchev–Trinajstić information content (AvgIpc) is 3.48. The molecule has 1 atom stereocenters. The van der Waals surface area contributed by atoms with Crippen molar-refractivity contribution >= 4 is 17.8 Å². The summed E-state index contributed by atoms with van der Waals surface area (Å²) in [4.78, 5) is 40.2. The maximum atomic E-state index is 13.1. The number of amides is 2. The number of likely N-dealkylation sites (tertiary alicyclic amines) is 1. The highest BCUT2D eigenvalue weighted by atomic mass is 16.5. The molecule has 1 aliphatic heterocycles. The number of esters is 1. The second kappa shape index (κ2) is 7.57. The molecular weight excluding hydrogens is 356 g/mol. The molecule has 1 aromatic rings. The molecule has 2 fully saturated rings. The van der Waals surface area contributed by atoms with Crippen molar-refractivity contribution < 1.29 is 19.1 Å². The monoisotopic (exact) mass is 384 g/mol. The van der Waals surface area contributed by atoms with E-state index >= 15 is 0 Å². The zero-order valence-electron chi connectivity index (χ0n) is 16.4. The fraction of sp³-hybridized carbons (Fsp3) is 0.591. The first-order valence-electron chi connectivity index (χ1n) is 10.4. The number of fused-ring (bicyclic) bond motifs is 1. The molecule has 150 valence electrons. The van der Waals surface area contributed by atoms with E-state index in [0.717, 1.165) is 43.4 Å². The average molecular weight is 384 g/mol. The van der Waals surface area contributed by atoms with Gasteiger partial charge >= 0.3 is 5.97 Å². The Morgan fingerprint density at radius 1 is 1.11 bits per heavy atom. The van der Waals surface area contributed by atoms with Crippen LogP contribution in [-0.4, -0.2) is 47.9 Å². The van der Waals surface area contributed by atoms with Gasteiger partial charge in [0.2, 0.25) is 11.8 Å². The summed E-state index contributed by atoms with van der Waals surface area (Å²) in [5, 5.41) is 3.05. The first-order chi connectivity index (χ1) is 13.5. The predicted molar refractivity (Wildman–Crippen MR) is 103 cm³/mol. The van der Waals surface area contributed by atoms with E-state index in [9.17, 15) is 14.4 Å². The van der Waals surface area contributed by atoms with Gasteiger partial charge in [0.05, 0.1) is 12.5 Å². The van der Waals surface area contributed by atoms with E-state index in [1.807, 2.05) is 29.2 Å². The topological polar surface area (TPSA) is 75.7 Å². The van der Waals surface area contributed by atoms with Gasteiger partial charge in [-0.2, -0.15) is 0 Å². The maximum Gasteiger partial charge on any atom is 0.332 e. The van der Waals surface area contributed by atoms with Gasteiger partial charge in [-0.15, -0.1) is 0 Å². The van der Waals surface area contributed by atoms with Crippen LogP contribution in [0.25, 0.3) is 0 Å². The zero-order valence-corrected chi connectivity index (χ0v) is 16.4. The molecule has 0 radical (unpaired) electrons. The Labute approximate surface area is 165 Å². The van der Waals surface area contributed by atoms with Gasteiger partial charge in [-0.3, -0.25) is 9.59 Å². The summed E-state index contributed by atoms with van der Waals surface area (Å²) in [5.41, 5.74) is 1.11. The summed E-state index contributed by atoms with van der Waals surface area (Å²) in [6.07, 6.45) is 4.40. The molecule has 4 rings (SSSR count). The molecule has 0 bridgehead atoms. The first kappa shape index (κ1) is 19.0.